The molecule has 2 nitrogen and oxygen atoms in total. The Morgan fingerprint density at radius 3 is 2.56 bits per heavy atom. The minimum absolute atomic E-state index is 0.0912. The van der Waals surface area contributed by atoms with Gasteiger partial charge in [-0.25, -0.2) is 0 Å². The summed E-state index contributed by atoms with van der Waals surface area (Å²) in [6.45, 7) is 6.00. The highest BCUT2D eigenvalue weighted by molar-refractivity contribution is 6.32. The molecule has 90 valence electrons. The minimum atomic E-state index is -0.323. The normalized spacial score (nSPS) is 13.6. The number of aliphatic hydroxyl groups is 1. The van der Waals surface area contributed by atoms with Gasteiger partial charge in [-0.2, -0.15) is 0 Å². The summed E-state index contributed by atoms with van der Waals surface area (Å²) in [6.07, 6.45) is 0.384. The number of aliphatic hydroxyl groups excluding tert-OH is 1. The zero-order valence-electron chi connectivity index (χ0n) is 10.2. The van der Waals surface area contributed by atoms with Crippen molar-refractivity contribution in [2.75, 3.05) is 7.11 Å². The Morgan fingerprint density at radius 2 is 2.06 bits per heavy atom. The summed E-state index contributed by atoms with van der Waals surface area (Å²) >= 11 is 5.98. The average molecular weight is 243 g/mol. The molecule has 1 atom stereocenters. The topological polar surface area (TPSA) is 29.5 Å². The van der Waals surface area contributed by atoms with Crippen LogP contribution in [0.2, 0.25) is 5.02 Å². The lowest BCUT2D eigenvalue weighted by Crippen LogP contribution is -2.22. The van der Waals surface area contributed by atoms with E-state index >= 15 is 0 Å². The summed E-state index contributed by atoms with van der Waals surface area (Å²) in [7, 11) is 1.60. The fourth-order valence-corrected chi connectivity index (χ4v) is 2.13. The van der Waals surface area contributed by atoms with Gasteiger partial charge in [0.25, 0.3) is 0 Å². The monoisotopic (exact) mass is 242 g/mol. The number of halogens is 1. The van der Waals surface area contributed by atoms with E-state index in [4.69, 9.17) is 16.3 Å². The fourth-order valence-electron chi connectivity index (χ4n) is 1.94. The molecule has 1 aromatic carbocycles. The second-order valence-corrected chi connectivity index (χ2v) is 5.19. The highest BCUT2D eigenvalue weighted by Crippen LogP contribution is 2.34. The number of methoxy groups -OCH3 is 1. The van der Waals surface area contributed by atoms with Gasteiger partial charge in [0.1, 0.15) is 5.75 Å². The molecule has 0 bridgehead atoms. The molecule has 0 radical (unpaired) electrons. The van der Waals surface area contributed by atoms with Crippen LogP contribution in [0.15, 0.2) is 18.2 Å². The van der Waals surface area contributed by atoms with Crippen molar-refractivity contribution in [3.05, 3.63) is 28.8 Å². The van der Waals surface area contributed by atoms with Crippen molar-refractivity contribution in [1.82, 2.24) is 0 Å². The molecular weight excluding hydrogens is 224 g/mol. The Hall–Kier alpha value is -0.730. The van der Waals surface area contributed by atoms with Gasteiger partial charge in [0.15, 0.2) is 0 Å². The summed E-state index contributed by atoms with van der Waals surface area (Å²) in [5, 5.41) is 10.1. The second kappa shape index (κ2) is 5.07. The number of rotatable bonds is 4. The van der Waals surface area contributed by atoms with E-state index in [2.05, 4.69) is 13.8 Å². The van der Waals surface area contributed by atoms with Crippen LogP contribution in [0.25, 0.3) is 0 Å². The fraction of sp³-hybridized carbons (Fsp3) is 0.538. The third-order valence-corrected chi connectivity index (χ3v) is 3.05. The van der Waals surface area contributed by atoms with Crippen molar-refractivity contribution >= 4 is 11.6 Å². The van der Waals surface area contributed by atoms with Crippen molar-refractivity contribution in [2.45, 2.75) is 38.7 Å². The Bertz CT molecular complexity index is 359. The van der Waals surface area contributed by atoms with Gasteiger partial charge in [-0.1, -0.05) is 31.5 Å². The third kappa shape index (κ3) is 3.13. The van der Waals surface area contributed by atoms with Gasteiger partial charge in [-0.15, -0.1) is 0 Å². The van der Waals surface area contributed by atoms with E-state index in [1.54, 1.807) is 14.0 Å². The first-order chi connectivity index (χ1) is 7.36. The highest BCUT2D eigenvalue weighted by atomic mass is 35.5. The molecule has 1 N–H and O–H groups in total. The molecular formula is C13H19ClO2. The predicted molar refractivity (Wildman–Crippen MR) is 67.3 cm³/mol. The van der Waals surface area contributed by atoms with E-state index in [1.807, 2.05) is 18.2 Å². The van der Waals surface area contributed by atoms with Crippen molar-refractivity contribution in [1.29, 1.82) is 0 Å². The summed E-state index contributed by atoms with van der Waals surface area (Å²) in [5.41, 5.74) is 1.03. The van der Waals surface area contributed by atoms with Crippen LogP contribution in [0.5, 0.6) is 5.75 Å². The molecule has 16 heavy (non-hydrogen) atoms. The van der Waals surface area contributed by atoms with Gasteiger partial charge >= 0.3 is 0 Å². The van der Waals surface area contributed by atoms with E-state index < -0.39 is 0 Å². The molecule has 3 heteroatoms. The molecule has 0 saturated carbocycles. The molecule has 0 fully saturated rings. The first kappa shape index (κ1) is 13.3. The predicted octanol–water partition coefficient (Wildman–Crippen LogP) is 3.40. The SMILES string of the molecule is COc1cc(C(C)(C)CC(C)O)ccc1Cl. The zero-order chi connectivity index (χ0) is 12.3. The van der Waals surface area contributed by atoms with Crippen molar-refractivity contribution in [3.63, 3.8) is 0 Å². The molecule has 1 aromatic rings. The molecule has 0 amide bonds. The van der Waals surface area contributed by atoms with Crippen LogP contribution in [0.3, 0.4) is 0 Å². The Balaban J connectivity index is 3.03. The first-order valence-electron chi connectivity index (χ1n) is 5.39. The second-order valence-electron chi connectivity index (χ2n) is 4.79. The van der Waals surface area contributed by atoms with Crippen molar-refractivity contribution < 1.29 is 9.84 Å². The van der Waals surface area contributed by atoms with E-state index in [0.29, 0.717) is 17.2 Å². The molecule has 0 aromatic heterocycles. The standard InChI is InChI=1S/C13H19ClO2/c1-9(15)8-13(2,3)10-5-6-11(14)12(7-10)16-4/h5-7,9,15H,8H2,1-4H3. The molecule has 0 aliphatic carbocycles. The van der Waals surface area contributed by atoms with Crippen LogP contribution >= 0.6 is 11.6 Å². The van der Waals surface area contributed by atoms with Crippen LogP contribution in [-0.4, -0.2) is 18.3 Å². The van der Waals surface area contributed by atoms with E-state index in [1.165, 1.54) is 0 Å². The van der Waals surface area contributed by atoms with Crippen LogP contribution in [0.1, 0.15) is 32.8 Å². The zero-order valence-corrected chi connectivity index (χ0v) is 11.0. The Morgan fingerprint density at radius 1 is 1.44 bits per heavy atom. The van der Waals surface area contributed by atoms with Gasteiger partial charge in [0.05, 0.1) is 18.2 Å². The van der Waals surface area contributed by atoms with E-state index in [-0.39, 0.29) is 11.5 Å². The van der Waals surface area contributed by atoms with Gasteiger partial charge in [-0.05, 0) is 36.5 Å². The number of benzene rings is 1. The smallest absolute Gasteiger partial charge is 0.137 e. The Labute approximate surface area is 102 Å². The summed E-state index contributed by atoms with van der Waals surface area (Å²) < 4.78 is 5.19. The average Bonchev–Trinajstić information content (AvgIpc) is 2.16. The molecule has 1 rings (SSSR count). The highest BCUT2D eigenvalue weighted by Gasteiger charge is 2.23. The number of hydrogen-bond donors (Lipinski definition) is 1. The van der Waals surface area contributed by atoms with E-state index in [9.17, 15) is 5.11 Å². The molecule has 0 heterocycles. The molecule has 0 aliphatic rings. The Kier molecular flexibility index (Phi) is 4.22. The molecule has 0 aliphatic heterocycles. The summed E-state index contributed by atoms with van der Waals surface area (Å²) in [6, 6.07) is 5.75. The maximum Gasteiger partial charge on any atom is 0.137 e. The minimum Gasteiger partial charge on any atom is -0.495 e. The lowest BCUT2D eigenvalue weighted by Gasteiger charge is -2.27. The largest absolute Gasteiger partial charge is 0.495 e. The first-order valence-corrected chi connectivity index (χ1v) is 5.76. The number of hydrogen-bond acceptors (Lipinski definition) is 2. The lowest BCUT2D eigenvalue weighted by atomic mass is 9.80. The lowest BCUT2D eigenvalue weighted by molar-refractivity contribution is 0.156. The quantitative estimate of drug-likeness (QED) is 0.877. The van der Waals surface area contributed by atoms with Crippen LogP contribution < -0.4 is 4.74 Å². The van der Waals surface area contributed by atoms with Crippen molar-refractivity contribution in [2.24, 2.45) is 0 Å². The maximum absolute atomic E-state index is 9.47. The number of ether oxygens (including phenoxy) is 1. The molecule has 0 saturated heterocycles. The van der Waals surface area contributed by atoms with E-state index in [0.717, 1.165) is 5.56 Å². The molecule has 1 unspecified atom stereocenters. The van der Waals surface area contributed by atoms with Gasteiger partial charge in [-0.3, -0.25) is 0 Å². The van der Waals surface area contributed by atoms with Gasteiger partial charge in [0.2, 0.25) is 0 Å². The molecule has 0 spiro atoms. The van der Waals surface area contributed by atoms with Crippen molar-refractivity contribution in [3.8, 4) is 5.75 Å². The third-order valence-electron chi connectivity index (χ3n) is 2.74. The summed E-state index contributed by atoms with van der Waals surface area (Å²) in [4.78, 5) is 0. The van der Waals surface area contributed by atoms with Gasteiger partial charge in [0, 0.05) is 0 Å². The van der Waals surface area contributed by atoms with Crippen LogP contribution in [0.4, 0.5) is 0 Å². The summed E-state index contributed by atoms with van der Waals surface area (Å²) in [5.74, 6) is 0.679. The maximum atomic E-state index is 9.47. The van der Waals surface area contributed by atoms with Gasteiger partial charge < -0.3 is 9.84 Å². The van der Waals surface area contributed by atoms with Crippen LogP contribution in [-0.2, 0) is 5.41 Å². The van der Waals surface area contributed by atoms with Crippen LogP contribution in [0, 0.1) is 0 Å².